The highest BCUT2D eigenvalue weighted by Gasteiger charge is 2.26. The summed E-state index contributed by atoms with van der Waals surface area (Å²) < 4.78 is 5.25. The first-order valence-electron chi connectivity index (χ1n) is 7.23. The Balaban J connectivity index is 2.11. The van der Waals surface area contributed by atoms with Crippen molar-refractivity contribution in [3.63, 3.8) is 0 Å². The first kappa shape index (κ1) is 15.5. The molecule has 0 radical (unpaired) electrons. The summed E-state index contributed by atoms with van der Waals surface area (Å²) in [7, 11) is 0. The Morgan fingerprint density at radius 3 is 2.62 bits per heavy atom. The molecule has 5 heteroatoms. The molecule has 0 aliphatic carbocycles. The number of carboxylic acid groups (broad SMARTS) is 1. The molecule has 2 N–H and O–H groups in total. The normalized spacial score (nSPS) is 17.2. The fraction of sp³-hybridized carbons (Fsp3) is 0.500. The number of carbonyl (C=O) groups excluding carboxylic acids is 1. The van der Waals surface area contributed by atoms with Crippen LogP contribution < -0.4 is 5.32 Å². The molecule has 1 saturated heterocycles. The molecule has 114 valence electrons. The number of benzene rings is 1. The number of aliphatic carboxylic acids is 1. The van der Waals surface area contributed by atoms with Crippen LogP contribution in [-0.4, -0.2) is 30.2 Å². The van der Waals surface area contributed by atoms with Gasteiger partial charge in [-0.05, 0) is 30.9 Å². The quantitative estimate of drug-likeness (QED) is 0.870. The minimum Gasteiger partial charge on any atom is -0.481 e. The second kappa shape index (κ2) is 7.22. The van der Waals surface area contributed by atoms with Crippen molar-refractivity contribution in [2.24, 2.45) is 5.92 Å². The fourth-order valence-corrected chi connectivity index (χ4v) is 2.64. The topological polar surface area (TPSA) is 75.6 Å². The lowest BCUT2D eigenvalue weighted by Gasteiger charge is -2.25. The molecule has 0 aromatic heterocycles. The number of ether oxygens (including phenoxy) is 1. The van der Waals surface area contributed by atoms with E-state index in [1.807, 2.05) is 31.2 Å². The van der Waals surface area contributed by atoms with Crippen LogP contribution in [-0.2, 0) is 14.3 Å². The highest BCUT2D eigenvalue weighted by atomic mass is 16.5. The van der Waals surface area contributed by atoms with E-state index in [1.54, 1.807) is 0 Å². The zero-order chi connectivity index (χ0) is 15.2. The van der Waals surface area contributed by atoms with Gasteiger partial charge >= 0.3 is 5.97 Å². The minimum absolute atomic E-state index is 0.0761. The summed E-state index contributed by atoms with van der Waals surface area (Å²) in [4.78, 5) is 23.4. The molecular weight excluding hydrogens is 270 g/mol. The molecule has 5 nitrogen and oxygen atoms in total. The second-order valence-corrected chi connectivity index (χ2v) is 5.40. The third-order valence-electron chi connectivity index (χ3n) is 3.85. The van der Waals surface area contributed by atoms with Crippen LogP contribution in [0.15, 0.2) is 24.3 Å². The first-order valence-corrected chi connectivity index (χ1v) is 7.23. The van der Waals surface area contributed by atoms with Gasteiger partial charge in [0.05, 0.1) is 12.5 Å². The molecule has 0 unspecified atom stereocenters. The summed E-state index contributed by atoms with van der Waals surface area (Å²) in [6.45, 7) is 3.10. The van der Waals surface area contributed by atoms with Crippen molar-refractivity contribution in [2.45, 2.75) is 32.2 Å². The van der Waals surface area contributed by atoms with Crippen LogP contribution >= 0.6 is 0 Å². The largest absolute Gasteiger partial charge is 0.481 e. The van der Waals surface area contributed by atoms with E-state index in [-0.39, 0.29) is 18.2 Å². The second-order valence-electron chi connectivity index (χ2n) is 5.40. The maximum absolute atomic E-state index is 12.3. The Morgan fingerprint density at radius 1 is 1.33 bits per heavy atom. The molecule has 0 saturated carbocycles. The predicted molar refractivity (Wildman–Crippen MR) is 77.9 cm³/mol. The van der Waals surface area contributed by atoms with Crippen molar-refractivity contribution in [3.05, 3.63) is 35.4 Å². The molecule has 1 aliphatic rings. The van der Waals surface area contributed by atoms with Gasteiger partial charge in [0.25, 0.3) is 0 Å². The van der Waals surface area contributed by atoms with E-state index in [2.05, 4.69) is 5.32 Å². The number of carboxylic acids is 1. The van der Waals surface area contributed by atoms with Gasteiger partial charge in [0.15, 0.2) is 0 Å². The van der Waals surface area contributed by atoms with E-state index < -0.39 is 12.0 Å². The van der Waals surface area contributed by atoms with Crippen LogP contribution in [0.4, 0.5) is 0 Å². The van der Waals surface area contributed by atoms with E-state index in [1.165, 1.54) is 0 Å². The average molecular weight is 291 g/mol. The smallest absolute Gasteiger partial charge is 0.305 e. The van der Waals surface area contributed by atoms with Crippen molar-refractivity contribution in [1.82, 2.24) is 5.32 Å². The fourth-order valence-electron chi connectivity index (χ4n) is 2.64. The maximum atomic E-state index is 12.3. The van der Waals surface area contributed by atoms with E-state index in [0.29, 0.717) is 26.1 Å². The van der Waals surface area contributed by atoms with Crippen LogP contribution in [0.25, 0.3) is 0 Å². The molecule has 1 aromatic rings. The summed E-state index contributed by atoms with van der Waals surface area (Å²) in [5, 5.41) is 12.0. The van der Waals surface area contributed by atoms with Crippen LogP contribution in [0, 0.1) is 12.8 Å². The predicted octanol–water partition coefficient (Wildman–Crippen LogP) is 2.05. The van der Waals surface area contributed by atoms with Gasteiger partial charge in [0.2, 0.25) is 5.91 Å². The van der Waals surface area contributed by atoms with Gasteiger partial charge in [-0.15, -0.1) is 0 Å². The summed E-state index contributed by atoms with van der Waals surface area (Å²) in [5.74, 6) is -1.08. The number of rotatable bonds is 5. The van der Waals surface area contributed by atoms with Crippen molar-refractivity contribution >= 4 is 11.9 Å². The van der Waals surface area contributed by atoms with Crippen LogP contribution in [0.2, 0.25) is 0 Å². The molecule has 1 aromatic carbocycles. The Kier molecular flexibility index (Phi) is 5.33. The summed E-state index contributed by atoms with van der Waals surface area (Å²) in [5.41, 5.74) is 1.84. The maximum Gasteiger partial charge on any atom is 0.305 e. The van der Waals surface area contributed by atoms with Crippen molar-refractivity contribution < 1.29 is 19.4 Å². The third-order valence-corrected chi connectivity index (χ3v) is 3.85. The van der Waals surface area contributed by atoms with Gasteiger partial charge in [0.1, 0.15) is 0 Å². The Hall–Kier alpha value is -1.88. The molecule has 1 heterocycles. The van der Waals surface area contributed by atoms with E-state index in [0.717, 1.165) is 11.1 Å². The van der Waals surface area contributed by atoms with Gasteiger partial charge < -0.3 is 15.2 Å². The van der Waals surface area contributed by atoms with Crippen molar-refractivity contribution in [3.8, 4) is 0 Å². The lowest BCUT2D eigenvalue weighted by atomic mass is 9.95. The number of nitrogens with one attached hydrogen (secondary N) is 1. The Bertz CT molecular complexity index is 509. The molecule has 1 atom stereocenters. The number of hydrogen-bond donors (Lipinski definition) is 2. The molecule has 1 fully saturated rings. The monoisotopic (exact) mass is 291 g/mol. The summed E-state index contributed by atoms with van der Waals surface area (Å²) in [6.07, 6.45) is 1.28. The van der Waals surface area contributed by atoms with Gasteiger partial charge in [0, 0.05) is 19.1 Å². The average Bonchev–Trinajstić information content (AvgIpc) is 2.47. The molecule has 21 heavy (non-hydrogen) atoms. The lowest BCUT2D eigenvalue weighted by Crippen LogP contribution is -2.37. The Labute approximate surface area is 124 Å². The Morgan fingerprint density at radius 2 is 2.00 bits per heavy atom. The zero-order valence-electron chi connectivity index (χ0n) is 12.2. The van der Waals surface area contributed by atoms with Gasteiger partial charge in [-0.2, -0.15) is 0 Å². The number of hydrogen-bond acceptors (Lipinski definition) is 3. The van der Waals surface area contributed by atoms with Crippen LogP contribution in [0.5, 0.6) is 0 Å². The van der Waals surface area contributed by atoms with E-state index in [4.69, 9.17) is 9.84 Å². The lowest BCUT2D eigenvalue weighted by molar-refractivity contribution is -0.138. The van der Waals surface area contributed by atoms with Crippen molar-refractivity contribution in [2.75, 3.05) is 13.2 Å². The van der Waals surface area contributed by atoms with E-state index >= 15 is 0 Å². The van der Waals surface area contributed by atoms with Crippen LogP contribution in [0.3, 0.4) is 0 Å². The highest BCUT2D eigenvalue weighted by Crippen LogP contribution is 2.23. The molecule has 0 spiro atoms. The number of amides is 1. The van der Waals surface area contributed by atoms with Crippen LogP contribution in [0.1, 0.15) is 36.4 Å². The van der Waals surface area contributed by atoms with Gasteiger partial charge in [-0.25, -0.2) is 0 Å². The highest BCUT2D eigenvalue weighted by molar-refractivity contribution is 5.80. The number of aryl methyl sites for hydroxylation is 1. The zero-order valence-corrected chi connectivity index (χ0v) is 12.2. The molecular formula is C16H21NO4. The SMILES string of the molecule is Cc1ccccc1[C@@H](CC(=O)O)NC(=O)C1CCOCC1. The molecule has 2 rings (SSSR count). The first-order chi connectivity index (χ1) is 10.1. The van der Waals surface area contributed by atoms with Gasteiger partial charge in [-0.3, -0.25) is 9.59 Å². The van der Waals surface area contributed by atoms with Crippen molar-refractivity contribution in [1.29, 1.82) is 0 Å². The molecule has 1 aliphatic heterocycles. The summed E-state index contributed by atoms with van der Waals surface area (Å²) in [6, 6.07) is 7.06. The minimum atomic E-state index is -0.921. The molecule has 0 bridgehead atoms. The van der Waals surface area contributed by atoms with E-state index in [9.17, 15) is 9.59 Å². The molecule has 1 amide bonds. The standard InChI is InChI=1S/C16H21NO4/c1-11-4-2-3-5-13(11)14(10-15(18)19)17-16(20)12-6-8-21-9-7-12/h2-5,12,14H,6-10H2,1H3,(H,17,20)(H,18,19)/t14-/m1/s1. The third kappa shape index (κ3) is 4.29. The van der Waals surface area contributed by atoms with Gasteiger partial charge in [-0.1, -0.05) is 24.3 Å². The summed E-state index contributed by atoms with van der Waals surface area (Å²) >= 11 is 0. The number of carbonyl (C=O) groups is 2.